The Kier molecular flexibility index (Phi) is 5.60. The van der Waals surface area contributed by atoms with Gasteiger partial charge in [-0.05, 0) is 58.9 Å². The van der Waals surface area contributed by atoms with Crippen molar-refractivity contribution < 1.29 is 4.79 Å². The SMILES string of the molecule is CCN(CC(=O)Nc1cccc2ncccc12)Cc1ccc(Br)s1. The van der Waals surface area contributed by atoms with Gasteiger partial charge in [0.1, 0.15) is 0 Å². The van der Waals surface area contributed by atoms with Crippen LogP contribution in [0.25, 0.3) is 10.9 Å². The summed E-state index contributed by atoms with van der Waals surface area (Å²) < 4.78 is 1.11. The van der Waals surface area contributed by atoms with Crippen molar-refractivity contribution >= 4 is 49.8 Å². The molecule has 0 aliphatic rings. The highest BCUT2D eigenvalue weighted by Gasteiger charge is 2.12. The predicted molar refractivity (Wildman–Crippen MR) is 103 cm³/mol. The first kappa shape index (κ1) is 17.1. The minimum Gasteiger partial charge on any atom is -0.324 e. The lowest BCUT2D eigenvalue weighted by molar-refractivity contribution is -0.117. The van der Waals surface area contributed by atoms with Gasteiger partial charge in [0.2, 0.25) is 5.91 Å². The van der Waals surface area contributed by atoms with E-state index in [1.54, 1.807) is 17.5 Å². The first-order chi connectivity index (χ1) is 11.7. The second kappa shape index (κ2) is 7.88. The zero-order valence-electron chi connectivity index (χ0n) is 13.3. The second-order valence-electron chi connectivity index (χ2n) is 5.43. The van der Waals surface area contributed by atoms with E-state index in [0.717, 1.165) is 33.5 Å². The average molecular weight is 404 g/mol. The number of rotatable bonds is 6. The van der Waals surface area contributed by atoms with E-state index in [1.165, 1.54) is 4.88 Å². The van der Waals surface area contributed by atoms with Crippen LogP contribution >= 0.6 is 27.3 Å². The van der Waals surface area contributed by atoms with Gasteiger partial charge < -0.3 is 5.32 Å². The van der Waals surface area contributed by atoms with E-state index in [9.17, 15) is 4.79 Å². The summed E-state index contributed by atoms with van der Waals surface area (Å²) in [5.74, 6) is -0.0103. The summed E-state index contributed by atoms with van der Waals surface area (Å²) in [6, 6.07) is 13.7. The molecule has 24 heavy (non-hydrogen) atoms. The second-order valence-corrected chi connectivity index (χ2v) is 7.98. The molecule has 0 fully saturated rings. The molecule has 0 aliphatic heterocycles. The average Bonchev–Trinajstić information content (AvgIpc) is 2.99. The molecule has 1 aromatic carbocycles. The molecule has 3 aromatic rings. The van der Waals surface area contributed by atoms with Crippen molar-refractivity contribution in [2.75, 3.05) is 18.4 Å². The molecular formula is C18H18BrN3OS. The number of nitrogens with one attached hydrogen (secondary N) is 1. The van der Waals surface area contributed by atoms with Crippen LogP contribution in [-0.4, -0.2) is 28.9 Å². The van der Waals surface area contributed by atoms with Crippen molar-refractivity contribution in [1.82, 2.24) is 9.88 Å². The fraction of sp³-hybridized carbons (Fsp3) is 0.222. The normalized spacial score (nSPS) is 11.1. The lowest BCUT2D eigenvalue weighted by atomic mass is 10.2. The maximum atomic E-state index is 12.4. The predicted octanol–water partition coefficient (Wildman–Crippen LogP) is 4.52. The quantitative estimate of drug-likeness (QED) is 0.657. The summed E-state index contributed by atoms with van der Waals surface area (Å²) in [5.41, 5.74) is 1.69. The summed E-state index contributed by atoms with van der Waals surface area (Å²) in [6.07, 6.45) is 1.76. The van der Waals surface area contributed by atoms with Crippen molar-refractivity contribution in [2.24, 2.45) is 0 Å². The number of aromatic nitrogens is 1. The molecule has 0 saturated heterocycles. The molecule has 0 bridgehead atoms. The molecule has 4 nitrogen and oxygen atoms in total. The van der Waals surface area contributed by atoms with Gasteiger partial charge in [0.15, 0.2) is 0 Å². The Morgan fingerprint density at radius 2 is 2.12 bits per heavy atom. The highest BCUT2D eigenvalue weighted by atomic mass is 79.9. The third kappa shape index (κ3) is 4.20. The number of amides is 1. The molecule has 0 aliphatic carbocycles. The van der Waals surface area contributed by atoms with Crippen LogP contribution in [0.5, 0.6) is 0 Å². The number of fused-ring (bicyclic) bond motifs is 1. The van der Waals surface area contributed by atoms with Crippen LogP contribution in [0.15, 0.2) is 52.4 Å². The van der Waals surface area contributed by atoms with Crippen LogP contribution in [0.2, 0.25) is 0 Å². The molecule has 0 atom stereocenters. The van der Waals surface area contributed by atoms with Gasteiger partial charge in [0, 0.05) is 23.0 Å². The van der Waals surface area contributed by atoms with Crippen LogP contribution in [0.3, 0.4) is 0 Å². The van der Waals surface area contributed by atoms with Crippen LogP contribution < -0.4 is 5.32 Å². The molecule has 0 spiro atoms. The summed E-state index contributed by atoms with van der Waals surface area (Å²) >= 11 is 5.18. The minimum absolute atomic E-state index is 0.0103. The number of thiophene rings is 1. The van der Waals surface area contributed by atoms with E-state index in [0.29, 0.717) is 6.54 Å². The van der Waals surface area contributed by atoms with Crippen molar-refractivity contribution in [2.45, 2.75) is 13.5 Å². The Labute approximate surface area is 153 Å². The van der Waals surface area contributed by atoms with Gasteiger partial charge in [-0.25, -0.2) is 0 Å². The number of anilines is 1. The van der Waals surface area contributed by atoms with Crippen LogP contribution in [0.4, 0.5) is 5.69 Å². The van der Waals surface area contributed by atoms with Gasteiger partial charge >= 0.3 is 0 Å². The number of hydrogen-bond acceptors (Lipinski definition) is 4. The number of carbonyl (C=O) groups excluding carboxylic acids is 1. The molecule has 6 heteroatoms. The molecule has 2 heterocycles. The molecule has 0 radical (unpaired) electrons. The number of pyridine rings is 1. The smallest absolute Gasteiger partial charge is 0.238 e. The van der Waals surface area contributed by atoms with E-state index < -0.39 is 0 Å². The maximum Gasteiger partial charge on any atom is 0.238 e. The maximum absolute atomic E-state index is 12.4. The Bertz CT molecular complexity index is 844. The summed E-state index contributed by atoms with van der Waals surface area (Å²) in [7, 11) is 0. The van der Waals surface area contributed by atoms with Gasteiger partial charge in [-0.1, -0.05) is 13.0 Å². The zero-order chi connectivity index (χ0) is 16.9. The molecule has 1 N–H and O–H groups in total. The molecular weight excluding hydrogens is 386 g/mol. The summed E-state index contributed by atoms with van der Waals surface area (Å²) in [5, 5.41) is 3.97. The standard InChI is InChI=1S/C18H18BrN3OS/c1-2-22(11-13-8-9-17(19)24-13)12-18(23)21-16-7-3-6-15-14(16)5-4-10-20-15/h3-10H,2,11-12H2,1H3,(H,21,23). The lowest BCUT2D eigenvalue weighted by Gasteiger charge is -2.19. The first-order valence-corrected chi connectivity index (χ1v) is 9.37. The van der Waals surface area contributed by atoms with Gasteiger partial charge in [0.25, 0.3) is 0 Å². The highest BCUT2D eigenvalue weighted by Crippen LogP contribution is 2.24. The number of hydrogen-bond donors (Lipinski definition) is 1. The number of likely N-dealkylation sites (N-methyl/N-ethyl adjacent to an activating group) is 1. The van der Waals surface area contributed by atoms with Crippen molar-refractivity contribution in [3.8, 4) is 0 Å². The van der Waals surface area contributed by atoms with Crippen LogP contribution in [0, 0.1) is 0 Å². The van der Waals surface area contributed by atoms with Gasteiger partial charge in [0.05, 0.1) is 21.5 Å². The van der Waals surface area contributed by atoms with Crippen molar-refractivity contribution in [3.63, 3.8) is 0 Å². The van der Waals surface area contributed by atoms with Crippen molar-refractivity contribution in [1.29, 1.82) is 0 Å². The third-order valence-electron chi connectivity index (χ3n) is 3.74. The molecule has 0 unspecified atom stereocenters. The first-order valence-electron chi connectivity index (χ1n) is 7.76. The van der Waals surface area contributed by atoms with Crippen LogP contribution in [-0.2, 0) is 11.3 Å². The lowest BCUT2D eigenvalue weighted by Crippen LogP contribution is -2.32. The Morgan fingerprint density at radius 1 is 1.25 bits per heavy atom. The molecule has 124 valence electrons. The van der Waals surface area contributed by atoms with Gasteiger partial charge in [-0.3, -0.25) is 14.7 Å². The van der Waals surface area contributed by atoms with Crippen molar-refractivity contribution in [3.05, 3.63) is 57.3 Å². The fourth-order valence-corrected chi connectivity index (χ4v) is 4.07. The largest absolute Gasteiger partial charge is 0.324 e. The minimum atomic E-state index is -0.0103. The highest BCUT2D eigenvalue weighted by molar-refractivity contribution is 9.11. The van der Waals surface area contributed by atoms with E-state index in [2.05, 4.69) is 44.1 Å². The van der Waals surface area contributed by atoms with E-state index in [-0.39, 0.29) is 5.91 Å². The van der Waals surface area contributed by atoms with E-state index in [4.69, 9.17) is 0 Å². The number of nitrogens with zero attached hydrogens (tertiary/aromatic N) is 2. The Balaban J connectivity index is 1.67. The van der Waals surface area contributed by atoms with Crippen LogP contribution in [0.1, 0.15) is 11.8 Å². The van der Waals surface area contributed by atoms with Gasteiger partial charge in [-0.2, -0.15) is 0 Å². The van der Waals surface area contributed by atoms with Gasteiger partial charge in [-0.15, -0.1) is 11.3 Å². The zero-order valence-corrected chi connectivity index (χ0v) is 15.7. The summed E-state index contributed by atoms with van der Waals surface area (Å²) in [4.78, 5) is 20.1. The number of benzene rings is 1. The monoisotopic (exact) mass is 403 g/mol. The number of carbonyl (C=O) groups is 1. The third-order valence-corrected chi connectivity index (χ3v) is 5.35. The van der Waals surface area contributed by atoms with E-state index >= 15 is 0 Å². The fourth-order valence-electron chi connectivity index (χ4n) is 2.54. The topological polar surface area (TPSA) is 45.2 Å². The molecule has 0 saturated carbocycles. The Morgan fingerprint density at radius 3 is 2.88 bits per heavy atom. The molecule has 2 aromatic heterocycles. The molecule has 3 rings (SSSR count). The summed E-state index contributed by atoms with van der Waals surface area (Å²) in [6.45, 7) is 4.03. The number of halogens is 1. The van der Waals surface area contributed by atoms with E-state index in [1.807, 2.05) is 36.4 Å². The Hall–Kier alpha value is -1.76. The molecule has 1 amide bonds.